The number of hydrogen-bond acceptors (Lipinski definition) is 1. The Hall–Kier alpha value is -0.0400. The Balaban J connectivity index is 3.29. The van der Waals surface area contributed by atoms with Crippen molar-refractivity contribution in [2.75, 3.05) is 6.54 Å². The van der Waals surface area contributed by atoms with Gasteiger partial charge < -0.3 is 5.32 Å². The van der Waals surface area contributed by atoms with Crippen LogP contribution in [-0.2, 0) is 0 Å². The van der Waals surface area contributed by atoms with E-state index in [-0.39, 0.29) is 0 Å². The molecule has 0 aromatic heterocycles. The maximum absolute atomic E-state index is 3.69. The van der Waals surface area contributed by atoms with Crippen LogP contribution in [0.25, 0.3) is 0 Å². The van der Waals surface area contributed by atoms with Crippen LogP contribution in [-0.4, -0.2) is 12.1 Å². The Morgan fingerprint density at radius 3 is 1.87 bits per heavy atom. The van der Waals surface area contributed by atoms with Gasteiger partial charge in [0.05, 0.1) is 0 Å². The Bertz CT molecular complexity index is 127. The van der Waals surface area contributed by atoms with E-state index in [2.05, 4.69) is 33.0 Å². The van der Waals surface area contributed by atoms with Crippen LogP contribution in [0, 0.1) is 0 Å². The monoisotopic (exact) mass is 213 g/mol. The molecule has 0 rings (SSSR count). The van der Waals surface area contributed by atoms with E-state index in [1.807, 2.05) is 0 Å². The van der Waals surface area contributed by atoms with Gasteiger partial charge in [-0.3, -0.25) is 0 Å². The van der Waals surface area contributed by atoms with Crippen LogP contribution in [0.2, 0.25) is 0 Å². The summed E-state index contributed by atoms with van der Waals surface area (Å²) in [7, 11) is 0. The van der Waals surface area contributed by atoms with E-state index in [9.17, 15) is 0 Å². The quantitative estimate of drug-likeness (QED) is 0.526. The van der Waals surface area contributed by atoms with Gasteiger partial charge in [0.15, 0.2) is 0 Å². The van der Waals surface area contributed by atoms with Crippen molar-refractivity contribution in [3.63, 3.8) is 0 Å². The molecular formula is C14H31N. The molecule has 0 unspecified atom stereocenters. The minimum absolute atomic E-state index is 0.378. The largest absolute Gasteiger partial charge is 0.312 e. The summed E-state index contributed by atoms with van der Waals surface area (Å²) in [5.74, 6) is 0. The van der Waals surface area contributed by atoms with Crippen molar-refractivity contribution in [3.05, 3.63) is 0 Å². The molecule has 0 radical (unpaired) electrons. The summed E-state index contributed by atoms with van der Waals surface area (Å²) in [5.41, 5.74) is 0.378. The minimum atomic E-state index is 0.378. The lowest BCUT2D eigenvalue weighted by Gasteiger charge is -2.28. The molecule has 0 aromatic carbocycles. The summed E-state index contributed by atoms with van der Waals surface area (Å²) in [4.78, 5) is 0. The lowest BCUT2D eigenvalue weighted by molar-refractivity contribution is 0.328. The zero-order valence-corrected chi connectivity index (χ0v) is 11.4. The molecule has 0 aliphatic carbocycles. The molecule has 0 saturated carbocycles. The Kier molecular flexibility index (Phi) is 9.18. The fourth-order valence-electron chi connectivity index (χ4n) is 1.80. The maximum atomic E-state index is 3.69. The third kappa shape index (κ3) is 7.84. The maximum Gasteiger partial charge on any atom is 0.0148 e. The van der Waals surface area contributed by atoms with Gasteiger partial charge in [0.2, 0.25) is 0 Å². The van der Waals surface area contributed by atoms with Crippen LogP contribution in [0.1, 0.15) is 79.1 Å². The molecule has 0 amide bonds. The molecule has 0 aliphatic heterocycles. The van der Waals surface area contributed by atoms with Crippen LogP contribution in [0.15, 0.2) is 0 Å². The van der Waals surface area contributed by atoms with Gasteiger partial charge in [0, 0.05) is 5.54 Å². The lowest BCUT2D eigenvalue weighted by Crippen LogP contribution is -2.41. The first-order chi connectivity index (χ1) is 7.18. The van der Waals surface area contributed by atoms with Gasteiger partial charge in [-0.2, -0.15) is 0 Å². The average molecular weight is 213 g/mol. The highest BCUT2D eigenvalue weighted by Crippen LogP contribution is 2.13. The fraction of sp³-hybridized carbons (Fsp3) is 1.00. The van der Waals surface area contributed by atoms with Crippen molar-refractivity contribution < 1.29 is 0 Å². The molecule has 1 N–H and O–H groups in total. The molecule has 0 saturated heterocycles. The zero-order valence-electron chi connectivity index (χ0n) is 11.4. The second-order valence-corrected chi connectivity index (χ2v) is 4.96. The number of unbranched alkanes of at least 4 members (excludes halogenated alkanes) is 5. The summed E-state index contributed by atoms with van der Waals surface area (Å²) in [6, 6.07) is 0. The van der Waals surface area contributed by atoms with E-state index >= 15 is 0 Å². The van der Waals surface area contributed by atoms with E-state index in [4.69, 9.17) is 0 Å². The van der Waals surface area contributed by atoms with E-state index in [0.717, 1.165) is 0 Å². The molecule has 1 heteroatoms. The smallest absolute Gasteiger partial charge is 0.0148 e. The van der Waals surface area contributed by atoms with Gasteiger partial charge in [-0.1, -0.05) is 52.9 Å². The lowest BCUT2D eigenvalue weighted by atomic mass is 9.95. The first kappa shape index (κ1) is 15.0. The van der Waals surface area contributed by atoms with Gasteiger partial charge >= 0.3 is 0 Å². The Morgan fingerprint density at radius 1 is 0.800 bits per heavy atom. The minimum Gasteiger partial charge on any atom is -0.312 e. The summed E-state index contributed by atoms with van der Waals surface area (Å²) >= 11 is 0. The molecule has 0 aromatic rings. The van der Waals surface area contributed by atoms with E-state index in [1.54, 1.807) is 0 Å². The number of hydrogen-bond donors (Lipinski definition) is 1. The van der Waals surface area contributed by atoms with Crippen molar-refractivity contribution in [3.8, 4) is 0 Å². The molecule has 0 fully saturated rings. The Labute approximate surface area is 97.0 Å². The van der Waals surface area contributed by atoms with Crippen LogP contribution in [0.4, 0.5) is 0 Å². The topological polar surface area (TPSA) is 12.0 Å². The third-order valence-electron chi connectivity index (χ3n) is 3.64. The normalized spacial score (nSPS) is 12.0. The zero-order chi connectivity index (χ0) is 11.6. The van der Waals surface area contributed by atoms with Gasteiger partial charge in [-0.05, 0) is 32.7 Å². The summed E-state index contributed by atoms with van der Waals surface area (Å²) in [6.07, 6.45) is 10.8. The van der Waals surface area contributed by atoms with Crippen LogP contribution in [0.5, 0.6) is 0 Å². The van der Waals surface area contributed by atoms with Gasteiger partial charge in [0.1, 0.15) is 0 Å². The molecular weight excluding hydrogens is 182 g/mol. The predicted molar refractivity (Wildman–Crippen MR) is 70.4 cm³/mol. The van der Waals surface area contributed by atoms with Crippen molar-refractivity contribution in [1.29, 1.82) is 0 Å². The van der Waals surface area contributed by atoms with Gasteiger partial charge in [0.25, 0.3) is 0 Å². The molecule has 1 nitrogen and oxygen atoms in total. The fourth-order valence-corrected chi connectivity index (χ4v) is 1.80. The first-order valence-electron chi connectivity index (χ1n) is 6.93. The standard InChI is InChI=1S/C14H31N/c1-5-8-9-10-11-12-13-15-14(4,6-2)7-3/h15H,5-13H2,1-4H3. The Morgan fingerprint density at radius 2 is 1.33 bits per heavy atom. The van der Waals surface area contributed by atoms with Crippen molar-refractivity contribution >= 4 is 0 Å². The highest BCUT2D eigenvalue weighted by Gasteiger charge is 2.17. The van der Waals surface area contributed by atoms with E-state index in [1.165, 1.54) is 57.9 Å². The second-order valence-electron chi connectivity index (χ2n) is 4.96. The average Bonchev–Trinajstić information content (AvgIpc) is 2.27. The predicted octanol–water partition coefficient (Wildman–Crippen LogP) is 4.52. The van der Waals surface area contributed by atoms with Gasteiger partial charge in [-0.15, -0.1) is 0 Å². The summed E-state index contributed by atoms with van der Waals surface area (Å²) in [6.45, 7) is 10.4. The van der Waals surface area contributed by atoms with Gasteiger partial charge in [-0.25, -0.2) is 0 Å². The van der Waals surface area contributed by atoms with E-state index < -0.39 is 0 Å². The molecule has 0 heterocycles. The highest BCUT2D eigenvalue weighted by molar-refractivity contribution is 4.79. The SMILES string of the molecule is CCCCCCCCNC(C)(CC)CC. The van der Waals surface area contributed by atoms with Crippen molar-refractivity contribution in [2.24, 2.45) is 0 Å². The number of rotatable bonds is 10. The van der Waals surface area contributed by atoms with E-state index in [0.29, 0.717) is 5.54 Å². The van der Waals surface area contributed by atoms with Crippen LogP contribution >= 0.6 is 0 Å². The molecule has 0 bridgehead atoms. The molecule has 0 aliphatic rings. The molecule has 0 atom stereocenters. The first-order valence-corrected chi connectivity index (χ1v) is 6.93. The third-order valence-corrected chi connectivity index (χ3v) is 3.64. The van der Waals surface area contributed by atoms with Crippen molar-refractivity contribution in [1.82, 2.24) is 5.32 Å². The molecule has 92 valence electrons. The highest BCUT2D eigenvalue weighted by atomic mass is 15.0. The summed E-state index contributed by atoms with van der Waals surface area (Å²) < 4.78 is 0. The number of nitrogens with one attached hydrogen (secondary N) is 1. The van der Waals surface area contributed by atoms with Crippen molar-refractivity contribution in [2.45, 2.75) is 84.6 Å². The molecule has 0 spiro atoms. The molecule has 15 heavy (non-hydrogen) atoms. The second kappa shape index (κ2) is 9.21. The van der Waals surface area contributed by atoms with Crippen LogP contribution < -0.4 is 5.32 Å². The summed E-state index contributed by atoms with van der Waals surface area (Å²) in [5, 5.41) is 3.69. The van der Waals surface area contributed by atoms with Crippen LogP contribution in [0.3, 0.4) is 0 Å².